The SMILES string of the molecule is Cc1ccc(NC(=O)[C@H](c2ccccc2)N2CCC[C@H](C(N)=O)C2)cc1. The second-order valence-electron chi connectivity index (χ2n) is 6.90. The normalized spacial score (nSPS) is 18.9. The zero-order valence-electron chi connectivity index (χ0n) is 15.0. The van der Waals surface area contributed by atoms with Gasteiger partial charge in [0.2, 0.25) is 11.8 Å². The summed E-state index contributed by atoms with van der Waals surface area (Å²) >= 11 is 0. The molecule has 3 N–H and O–H groups in total. The minimum absolute atomic E-state index is 0.0924. The van der Waals surface area contributed by atoms with Gasteiger partial charge in [-0.1, -0.05) is 48.0 Å². The van der Waals surface area contributed by atoms with E-state index in [0.29, 0.717) is 6.54 Å². The van der Waals surface area contributed by atoms with E-state index in [9.17, 15) is 9.59 Å². The fraction of sp³-hybridized carbons (Fsp3) is 0.333. The van der Waals surface area contributed by atoms with Crippen molar-refractivity contribution in [3.63, 3.8) is 0 Å². The summed E-state index contributed by atoms with van der Waals surface area (Å²) in [4.78, 5) is 26.8. The third-order valence-electron chi connectivity index (χ3n) is 4.90. The van der Waals surface area contributed by atoms with Crippen LogP contribution in [0.4, 0.5) is 5.69 Å². The molecule has 0 aromatic heterocycles. The van der Waals surface area contributed by atoms with Crippen LogP contribution >= 0.6 is 0 Å². The molecule has 0 spiro atoms. The summed E-state index contributed by atoms with van der Waals surface area (Å²) in [6, 6.07) is 17.0. The van der Waals surface area contributed by atoms with Crippen molar-refractivity contribution in [1.29, 1.82) is 0 Å². The Labute approximate surface area is 154 Å². The van der Waals surface area contributed by atoms with Crippen molar-refractivity contribution in [3.8, 4) is 0 Å². The number of carbonyl (C=O) groups excluding carboxylic acids is 2. The Morgan fingerprint density at radius 2 is 1.81 bits per heavy atom. The molecule has 0 bridgehead atoms. The summed E-state index contributed by atoms with van der Waals surface area (Å²) in [5, 5.41) is 3.01. The van der Waals surface area contributed by atoms with Crippen LogP contribution in [-0.4, -0.2) is 29.8 Å². The zero-order chi connectivity index (χ0) is 18.5. The maximum atomic E-state index is 13.1. The van der Waals surface area contributed by atoms with Gasteiger partial charge in [0, 0.05) is 12.2 Å². The second-order valence-corrected chi connectivity index (χ2v) is 6.90. The van der Waals surface area contributed by atoms with E-state index in [0.717, 1.165) is 36.2 Å². The number of anilines is 1. The van der Waals surface area contributed by atoms with E-state index < -0.39 is 6.04 Å². The number of primary amides is 1. The lowest BCUT2D eigenvalue weighted by molar-refractivity contribution is -0.127. The maximum Gasteiger partial charge on any atom is 0.246 e. The topological polar surface area (TPSA) is 75.4 Å². The number of nitrogens with one attached hydrogen (secondary N) is 1. The first kappa shape index (κ1) is 18.1. The molecule has 1 heterocycles. The quantitative estimate of drug-likeness (QED) is 0.870. The van der Waals surface area contributed by atoms with Gasteiger partial charge in [0.1, 0.15) is 6.04 Å². The van der Waals surface area contributed by atoms with Crippen molar-refractivity contribution in [2.24, 2.45) is 11.7 Å². The smallest absolute Gasteiger partial charge is 0.246 e. The summed E-state index contributed by atoms with van der Waals surface area (Å²) in [7, 11) is 0. The first-order chi connectivity index (χ1) is 12.5. The van der Waals surface area contributed by atoms with Crippen molar-refractivity contribution >= 4 is 17.5 Å². The van der Waals surface area contributed by atoms with Gasteiger partial charge in [-0.15, -0.1) is 0 Å². The van der Waals surface area contributed by atoms with E-state index >= 15 is 0 Å². The number of carbonyl (C=O) groups is 2. The number of benzene rings is 2. The Bertz CT molecular complexity index is 759. The minimum Gasteiger partial charge on any atom is -0.369 e. The van der Waals surface area contributed by atoms with Crippen LogP contribution in [0, 0.1) is 12.8 Å². The second kappa shape index (κ2) is 8.15. The largest absolute Gasteiger partial charge is 0.369 e. The molecule has 5 heteroatoms. The molecular weight excluding hydrogens is 326 g/mol. The predicted molar refractivity (Wildman–Crippen MR) is 102 cm³/mol. The number of likely N-dealkylation sites (tertiary alicyclic amines) is 1. The van der Waals surface area contributed by atoms with Gasteiger partial charge in [-0.2, -0.15) is 0 Å². The molecular formula is C21H25N3O2. The van der Waals surface area contributed by atoms with E-state index in [4.69, 9.17) is 5.73 Å². The predicted octanol–water partition coefficient (Wildman–Crippen LogP) is 2.87. The monoisotopic (exact) mass is 351 g/mol. The number of rotatable bonds is 5. The Morgan fingerprint density at radius 1 is 1.12 bits per heavy atom. The standard InChI is InChI=1S/C21H25N3O2/c1-15-9-11-18(12-10-15)23-21(26)19(16-6-3-2-4-7-16)24-13-5-8-17(14-24)20(22)25/h2-4,6-7,9-12,17,19H,5,8,13-14H2,1H3,(H2,22,25)(H,23,26)/t17-,19-/m0/s1. The van der Waals surface area contributed by atoms with Crippen LogP contribution in [0.3, 0.4) is 0 Å². The molecule has 5 nitrogen and oxygen atoms in total. The molecule has 2 amide bonds. The van der Waals surface area contributed by atoms with Crippen LogP contribution in [0.25, 0.3) is 0 Å². The summed E-state index contributed by atoms with van der Waals surface area (Å²) < 4.78 is 0. The molecule has 26 heavy (non-hydrogen) atoms. The highest BCUT2D eigenvalue weighted by molar-refractivity contribution is 5.95. The average molecular weight is 351 g/mol. The zero-order valence-corrected chi connectivity index (χ0v) is 15.0. The lowest BCUT2D eigenvalue weighted by Crippen LogP contribution is -2.46. The van der Waals surface area contributed by atoms with Gasteiger partial charge < -0.3 is 11.1 Å². The number of aryl methyl sites for hydroxylation is 1. The lowest BCUT2D eigenvalue weighted by Gasteiger charge is -2.36. The van der Waals surface area contributed by atoms with E-state index in [-0.39, 0.29) is 17.7 Å². The van der Waals surface area contributed by atoms with Crippen LogP contribution < -0.4 is 11.1 Å². The van der Waals surface area contributed by atoms with Gasteiger partial charge in [-0.05, 0) is 44.0 Å². The van der Waals surface area contributed by atoms with Crippen molar-refractivity contribution in [3.05, 3.63) is 65.7 Å². The third kappa shape index (κ3) is 4.29. The lowest BCUT2D eigenvalue weighted by atomic mass is 9.94. The van der Waals surface area contributed by atoms with Crippen molar-refractivity contribution in [2.75, 3.05) is 18.4 Å². The Morgan fingerprint density at radius 3 is 2.46 bits per heavy atom. The third-order valence-corrected chi connectivity index (χ3v) is 4.90. The molecule has 2 aromatic rings. The number of nitrogens with zero attached hydrogens (tertiary/aromatic N) is 1. The molecule has 1 saturated heterocycles. The van der Waals surface area contributed by atoms with E-state index in [1.807, 2.05) is 61.5 Å². The molecule has 2 atom stereocenters. The minimum atomic E-state index is -0.445. The molecule has 0 unspecified atom stereocenters. The van der Waals surface area contributed by atoms with Crippen molar-refractivity contribution < 1.29 is 9.59 Å². The fourth-order valence-electron chi connectivity index (χ4n) is 3.48. The highest BCUT2D eigenvalue weighted by atomic mass is 16.2. The van der Waals surface area contributed by atoms with Crippen LogP contribution in [0.1, 0.15) is 30.0 Å². The summed E-state index contributed by atoms with van der Waals surface area (Å²) in [6.07, 6.45) is 1.64. The summed E-state index contributed by atoms with van der Waals surface area (Å²) in [5.74, 6) is -0.590. The summed E-state index contributed by atoms with van der Waals surface area (Å²) in [5.41, 5.74) is 8.34. The van der Waals surface area contributed by atoms with Crippen LogP contribution in [0.15, 0.2) is 54.6 Å². The molecule has 3 rings (SSSR count). The van der Waals surface area contributed by atoms with Crippen LogP contribution in [0.5, 0.6) is 0 Å². The molecule has 1 aliphatic heterocycles. The van der Waals surface area contributed by atoms with E-state index in [1.165, 1.54) is 0 Å². The molecule has 0 aliphatic carbocycles. The number of hydrogen-bond acceptors (Lipinski definition) is 3. The van der Waals surface area contributed by atoms with Crippen molar-refractivity contribution in [1.82, 2.24) is 4.90 Å². The first-order valence-corrected chi connectivity index (χ1v) is 9.00. The molecule has 136 valence electrons. The molecule has 0 radical (unpaired) electrons. The first-order valence-electron chi connectivity index (χ1n) is 9.00. The number of piperidine rings is 1. The van der Waals surface area contributed by atoms with Gasteiger partial charge in [-0.3, -0.25) is 14.5 Å². The number of nitrogens with two attached hydrogens (primary N) is 1. The average Bonchev–Trinajstić information content (AvgIpc) is 2.65. The van der Waals surface area contributed by atoms with Gasteiger partial charge in [0.15, 0.2) is 0 Å². The van der Waals surface area contributed by atoms with Crippen LogP contribution in [-0.2, 0) is 9.59 Å². The Kier molecular flexibility index (Phi) is 5.68. The van der Waals surface area contributed by atoms with Gasteiger partial charge in [-0.25, -0.2) is 0 Å². The van der Waals surface area contributed by atoms with Gasteiger partial charge >= 0.3 is 0 Å². The van der Waals surface area contributed by atoms with Gasteiger partial charge in [0.25, 0.3) is 0 Å². The fourth-order valence-corrected chi connectivity index (χ4v) is 3.48. The van der Waals surface area contributed by atoms with E-state index in [1.54, 1.807) is 0 Å². The highest BCUT2D eigenvalue weighted by Gasteiger charge is 2.33. The van der Waals surface area contributed by atoms with Gasteiger partial charge in [0.05, 0.1) is 5.92 Å². The number of amides is 2. The Balaban J connectivity index is 1.84. The molecule has 0 saturated carbocycles. The Hall–Kier alpha value is -2.66. The van der Waals surface area contributed by atoms with E-state index in [2.05, 4.69) is 10.2 Å². The molecule has 1 fully saturated rings. The molecule has 2 aromatic carbocycles. The maximum absolute atomic E-state index is 13.1. The van der Waals surface area contributed by atoms with Crippen LogP contribution in [0.2, 0.25) is 0 Å². The highest BCUT2D eigenvalue weighted by Crippen LogP contribution is 2.28. The molecule has 1 aliphatic rings. The van der Waals surface area contributed by atoms with Crippen molar-refractivity contribution in [2.45, 2.75) is 25.8 Å². The summed E-state index contributed by atoms with van der Waals surface area (Å²) in [6.45, 7) is 3.29. The number of hydrogen-bond donors (Lipinski definition) is 2.